The molecule has 1 saturated heterocycles. The Morgan fingerprint density at radius 3 is 1.31 bits per heavy atom. The quantitative estimate of drug-likeness (QED) is 0.148. The molecular formula is C62H113N11O13. The van der Waals surface area contributed by atoms with E-state index in [0.717, 1.165) is 9.80 Å². The fraction of sp³-hybridized carbons (Fsp3) is 0.790. The van der Waals surface area contributed by atoms with Crippen LogP contribution in [0.1, 0.15) is 156 Å². The average Bonchev–Trinajstić information content (AvgIpc) is 3.35. The van der Waals surface area contributed by atoms with Crippen LogP contribution in [0.3, 0.4) is 0 Å². The zero-order valence-electron chi connectivity index (χ0n) is 56.6. The molecule has 0 saturated carbocycles. The van der Waals surface area contributed by atoms with E-state index >= 15 is 9.59 Å². The molecule has 0 unspecified atom stereocenters. The SMILES string of the molecule is C/C=C/C[C@@H](C)[C@@H](O)[C@H]1C(=O)N[C@@H](CC)C(=O)N(C)CC(=O)N(C)[C@@H](CC(C)C)C(=O)N[C@@H](C(C)C)C(=O)N(C)[C@@H](CC(C)C)C(=O)N[C@@H](C)C(=O)N[C@H](C)C(=O)N(C)[C@@H](CC(C)C)C(=O)N(C)[C@@H](CC(C)C)C(=O)N(C)[C@@H](C(C)C)C(=O)N1C.O. The number of amides is 11. The average molecular weight is 1220 g/mol. The lowest BCUT2D eigenvalue weighted by Crippen LogP contribution is -2.63. The highest BCUT2D eigenvalue weighted by Gasteiger charge is 2.45. The van der Waals surface area contributed by atoms with Gasteiger partial charge in [-0.2, -0.15) is 0 Å². The Morgan fingerprint density at radius 2 is 0.872 bits per heavy atom. The van der Waals surface area contributed by atoms with Crippen molar-refractivity contribution in [2.45, 2.75) is 223 Å². The third kappa shape index (κ3) is 22.2. The summed E-state index contributed by atoms with van der Waals surface area (Å²) < 4.78 is 0. The Labute approximate surface area is 514 Å². The Morgan fingerprint density at radius 1 is 0.465 bits per heavy atom. The van der Waals surface area contributed by atoms with Crippen molar-refractivity contribution in [2.24, 2.45) is 41.4 Å². The molecule has 494 valence electrons. The lowest BCUT2D eigenvalue weighted by molar-refractivity contribution is -0.157. The monoisotopic (exact) mass is 1220 g/mol. The molecule has 1 heterocycles. The number of aliphatic hydroxyl groups excluding tert-OH is 1. The molecule has 1 rings (SSSR count). The molecule has 1 fully saturated rings. The van der Waals surface area contributed by atoms with Gasteiger partial charge in [-0.25, -0.2) is 0 Å². The summed E-state index contributed by atoms with van der Waals surface area (Å²) in [6, 6.07) is -12.3. The number of carbonyl (C=O) groups is 11. The van der Waals surface area contributed by atoms with E-state index in [2.05, 4.69) is 21.3 Å². The van der Waals surface area contributed by atoms with Gasteiger partial charge in [0, 0.05) is 49.3 Å². The zero-order valence-corrected chi connectivity index (χ0v) is 56.6. The van der Waals surface area contributed by atoms with Crippen molar-refractivity contribution < 1.29 is 63.3 Å². The van der Waals surface area contributed by atoms with Crippen LogP contribution < -0.4 is 21.3 Å². The number of nitrogens with zero attached hydrogens (tertiary/aromatic N) is 7. The van der Waals surface area contributed by atoms with Gasteiger partial charge in [-0.3, -0.25) is 52.7 Å². The largest absolute Gasteiger partial charge is 0.412 e. The van der Waals surface area contributed by atoms with Gasteiger partial charge >= 0.3 is 0 Å². The molecule has 86 heavy (non-hydrogen) atoms. The first kappa shape index (κ1) is 79.8. The number of likely N-dealkylation sites (N-methyl/N-ethyl adjacent to an activating group) is 7. The second-order valence-corrected chi connectivity index (χ2v) is 26.1. The van der Waals surface area contributed by atoms with Crippen LogP contribution >= 0.6 is 0 Å². The molecule has 0 aromatic heterocycles. The maximum atomic E-state index is 15.1. The van der Waals surface area contributed by atoms with Gasteiger partial charge in [0.15, 0.2) is 0 Å². The van der Waals surface area contributed by atoms with Crippen LogP contribution in [-0.4, -0.2) is 232 Å². The number of hydrogen-bond acceptors (Lipinski definition) is 12. The standard InChI is InChI=1S/C62H111N11O12.H2O/c1-25-27-28-40(15)52(75)51-56(79)65-43(26-2)58(81)67(18)33-48(74)68(19)44(29-34(3)4)55(78)66-49(38(11)12)61(84)69(20)45(30-35(5)6)54(77)63-41(16)53(76)64-42(17)57(80)70(21)46(31-36(7)8)59(82)71(22)47(32-37(9)10)60(83)72(23)50(39(13)14)62(85)73(51)24;/h25,27,34-47,49-52,75H,26,28-33H2,1-24H3,(H,63,77)(H,64,76)(H,65,79)(H,66,78);1H2/b27-25+;/t40-,41+,42-,43+,44+,45+,46+,47+,49+,50+,51+,52-;/m1./s1. The molecule has 0 bridgehead atoms. The van der Waals surface area contributed by atoms with Crippen molar-refractivity contribution in [1.29, 1.82) is 0 Å². The van der Waals surface area contributed by atoms with Crippen molar-refractivity contribution >= 4 is 65.0 Å². The summed E-state index contributed by atoms with van der Waals surface area (Å²) in [7, 11) is 9.92. The van der Waals surface area contributed by atoms with Crippen LogP contribution in [0.4, 0.5) is 0 Å². The van der Waals surface area contributed by atoms with Crippen molar-refractivity contribution in [3.05, 3.63) is 12.2 Å². The smallest absolute Gasteiger partial charge is 0.246 e. The van der Waals surface area contributed by atoms with E-state index in [1.165, 1.54) is 87.7 Å². The summed E-state index contributed by atoms with van der Waals surface area (Å²) >= 11 is 0. The van der Waals surface area contributed by atoms with Crippen LogP contribution in [0, 0.1) is 41.4 Å². The number of rotatable bonds is 15. The Balaban J connectivity index is 0.0000722. The maximum Gasteiger partial charge on any atom is 0.246 e. The Hall–Kier alpha value is -6.17. The molecule has 0 spiro atoms. The third-order valence-corrected chi connectivity index (χ3v) is 16.1. The third-order valence-electron chi connectivity index (χ3n) is 16.1. The van der Waals surface area contributed by atoms with Crippen LogP contribution in [0.15, 0.2) is 12.2 Å². The molecule has 1 aliphatic heterocycles. The molecule has 7 N–H and O–H groups in total. The number of carbonyl (C=O) groups excluding carboxylic acids is 11. The van der Waals surface area contributed by atoms with Gasteiger partial charge in [0.05, 0.1) is 12.6 Å². The number of aliphatic hydroxyl groups is 1. The zero-order chi connectivity index (χ0) is 66.0. The lowest BCUT2D eigenvalue weighted by Gasteiger charge is -2.41. The summed E-state index contributed by atoms with van der Waals surface area (Å²) in [6.07, 6.45) is 3.04. The topological polar surface area (TPSA) is 310 Å². The van der Waals surface area contributed by atoms with Gasteiger partial charge in [0.25, 0.3) is 0 Å². The fourth-order valence-corrected chi connectivity index (χ4v) is 10.7. The van der Waals surface area contributed by atoms with Crippen molar-refractivity contribution in [3.63, 3.8) is 0 Å². The summed E-state index contributed by atoms with van der Waals surface area (Å²) in [6.45, 7) is 29.3. The predicted octanol–water partition coefficient (Wildman–Crippen LogP) is 2.44. The molecule has 24 heteroatoms. The van der Waals surface area contributed by atoms with Crippen LogP contribution in [0.5, 0.6) is 0 Å². The van der Waals surface area contributed by atoms with Gasteiger partial charge in [0.2, 0.25) is 65.0 Å². The molecule has 11 amide bonds. The van der Waals surface area contributed by atoms with E-state index in [-0.39, 0.29) is 61.3 Å². The van der Waals surface area contributed by atoms with Crippen LogP contribution in [-0.2, 0) is 52.7 Å². The highest BCUT2D eigenvalue weighted by Crippen LogP contribution is 2.26. The van der Waals surface area contributed by atoms with Crippen LogP contribution in [0.25, 0.3) is 0 Å². The fourth-order valence-electron chi connectivity index (χ4n) is 10.7. The van der Waals surface area contributed by atoms with E-state index in [0.29, 0.717) is 6.42 Å². The molecular weight excluding hydrogens is 1110 g/mol. The first-order chi connectivity index (χ1) is 39.2. The number of nitrogens with one attached hydrogen (secondary N) is 4. The van der Waals surface area contributed by atoms with Gasteiger partial charge in [-0.05, 0) is 101 Å². The van der Waals surface area contributed by atoms with Crippen molar-refractivity contribution in [2.75, 3.05) is 55.9 Å². The molecule has 0 aliphatic carbocycles. The Kier molecular flexibility index (Phi) is 33.6. The normalized spacial score (nSPS) is 26.6. The maximum absolute atomic E-state index is 15.1. The first-order valence-electron chi connectivity index (χ1n) is 30.6. The molecule has 1 aliphatic rings. The van der Waals surface area contributed by atoms with E-state index in [9.17, 15) is 48.3 Å². The number of allylic oxidation sites excluding steroid dienone is 2. The summed E-state index contributed by atoms with van der Waals surface area (Å²) in [5.74, 6) is -9.71. The van der Waals surface area contributed by atoms with E-state index in [1.54, 1.807) is 54.5 Å². The molecule has 12 atom stereocenters. The minimum atomic E-state index is -1.61. The van der Waals surface area contributed by atoms with Gasteiger partial charge in [-0.15, -0.1) is 0 Å². The minimum Gasteiger partial charge on any atom is -0.412 e. The van der Waals surface area contributed by atoms with E-state index in [4.69, 9.17) is 0 Å². The summed E-state index contributed by atoms with van der Waals surface area (Å²) in [4.78, 5) is 169. The van der Waals surface area contributed by atoms with Crippen molar-refractivity contribution in [1.82, 2.24) is 55.6 Å². The van der Waals surface area contributed by atoms with Gasteiger partial charge < -0.3 is 66.1 Å². The molecule has 24 nitrogen and oxygen atoms in total. The number of hydrogen-bond donors (Lipinski definition) is 5. The molecule has 0 radical (unpaired) electrons. The Bertz CT molecular complexity index is 2330. The molecule has 0 aromatic carbocycles. The predicted molar refractivity (Wildman–Crippen MR) is 332 cm³/mol. The summed E-state index contributed by atoms with van der Waals surface area (Å²) in [5.41, 5.74) is 0. The van der Waals surface area contributed by atoms with Crippen molar-refractivity contribution in [3.8, 4) is 0 Å². The minimum absolute atomic E-state index is 0. The highest BCUT2D eigenvalue weighted by atomic mass is 16.3. The van der Waals surface area contributed by atoms with Gasteiger partial charge in [-0.1, -0.05) is 109 Å². The second kappa shape index (κ2) is 36.2. The van der Waals surface area contributed by atoms with E-state index in [1.807, 2.05) is 61.5 Å². The first-order valence-corrected chi connectivity index (χ1v) is 30.6. The van der Waals surface area contributed by atoms with Gasteiger partial charge in [0.1, 0.15) is 60.4 Å². The van der Waals surface area contributed by atoms with E-state index < -0.39 is 156 Å². The highest BCUT2D eigenvalue weighted by molar-refractivity contribution is 5.99. The second-order valence-electron chi connectivity index (χ2n) is 26.1. The van der Waals surface area contributed by atoms with Crippen LogP contribution in [0.2, 0.25) is 0 Å². The molecule has 0 aromatic rings. The summed E-state index contributed by atoms with van der Waals surface area (Å²) in [5, 5.41) is 23.1. The lowest BCUT2D eigenvalue weighted by atomic mass is 9.91.